The van der Waals surface area contributed by atoms with Gasteiger partial charge in [-0.25, -0.2) is 4.79 Å². The van der Waals surface area contributed by atoms with Gasteiger partial charge >= 0.3 is 12.1 Å². The summed E-state index contributed by atoms with van der Waals surface area (Å²) in [7, 11) is 0. The quantitative estimate of drug-likeness (QED) is 0.500. The molecule has 0 aliphatic rings. The van der Waals surface area contributed by atoms with Crippen molar-refractivity contribution < 1.29 is 37.1 Å². The minimum absolute atomic E-state index is 0.0896. The number of nitrogens with one attached hydrogen (secondary N) is 1. The summed E-state index contributed by atoms with van der Waals surface area (Å²) in [5.41, 5.74) is 0.850. The Morgan fingerprint density at radius 2 is 1.73 bits per heavy atom. The van der Waals surface area contributed by atoms with Crippen molar-refractivity contribution in [3.05, 3.63) is 71.5 Å². The molecule has 1 unspecified atom stereocenters. The van der Waals surface area contributed by atoms with Crippen LogP contribution >= 0.6 is 0 Å². The Morgan fingerprint density at radius 1 is 1.09 bits per heavy atom. The van der Waals surface area contributed by atoms with Crippen LogP contribution in [0.25, 0.3) is 11.3 Å². The minimum atomic E-state index is -4.39. The number of amides is 1. The van der Waals surface area contributed by atoms with Crippen LogP contribution < -0.4 is 10.1 Å². The number of ether oxygens (including phenoxy) is 1. The molecule has 3 rings (SSSR count). The smallest absolute Gasteiger partial charge is 0.416 e. The monoisotopic (exact) mass is 462 g/mol. The first-order chi connectivity index (χ1) is 15.5. The third-order valence-electron chi connectivity index (χ3n) is 4.79. The number of alkyl halides is 3. The number of aromatic nitrogens is 1. The molecule has 10 heteroatoms. The first kappa shape index (κ1) is 23.8. The predicted octanol–water partition coefficient (Wildman–Crippen LogP) is 4.78. The summed E-state index contributed by atoms with van der Waals surface area (Å²) in [6.45, 7) is 3.44. The predicted molar refractivity (Wildman–Crippen MR) is 111 cm³/mol. The van der Waals surface area contributed by atoms with Crippen molar-refractivity contribution in [3.63, 3.8) is 0 Å². The number of hydrogen-bond donors (Lipinski definition) is 2. The lowest BCUT2D eigenvalue weighted by molar-refractivity contribution is -0.140. The molecule has 0 aliphatic heterocycles. The van der Waals surface area contributed by atoms with Gasteiger partial charge in [0, 0.05) is 11.6 Å². The van der Waals surface area contributed by atoms with E-state index in [0.29, 0.717) is 22.6 Å². The van der Waals surface area contributed by atoms with E-state index in [2.05, 4.69) is 10.5 Å². The van der Waals surface area contributed by atoms with Gasteiger partial charge < -0.3 is 19.7 Å². The van der Waals surface area contributed by atoms with Crippen LogP contribution in [0, 0.1) is 5.92 Å². The van der Waals surface area contributed by atoms with Gasteiger partial charge in [-0.05, 0) is 47.9 Å². The molecular formula is C23H21F3N2O5. The summed E-state index contributed by atoms with van der Waals surface area (Å²) in [4.78, 5) is 23.5. The van der Waals surface area contributed by atoms with Crippen LogP contribution in [0.15, 0.2) is 59.1 Å². The Labute approximate surface area is 187 Å². The number of hydrogen-bond acceptors (Lipinski definition) is 5. The number of carbonyl (C=O) groups is 2. The van der Waals surface area contributed by atoms with Crippen LogP contribution in [0.3, 0.4) is 0 Å². The molecular weight excluding hydrogens is 441 g/mol. The maximum atomic E-state index is 12.6. The highest BCUT2D eigenvalue weighted by Gasteiger charge is 2.30. The van der Waals surface area contributed by atoms with Crippen LogP contribution in [-0.4, -0.2) is 28.2 Å². The van der Waals surface area contributed by atoms with Gasteiger partial charge in [0.25, 0.3) is 5.91 Å². The molecule has 174 valence electrons. The van der Waals surface area contributed by atoms with E-state index >= 15 is 0 Å². The highest BCUT2D eigenvalue weighted by molar-refractivity contribution is 5.95. The van der Waals surface area contributed by atoms with Crippen LogP contribution in [0.5, 0.6) is 5.75 Å². The summed E-state index contributed by atoms with van der Waals surface area (Å²) in [6.07, 6.45) is -4.39. The molecule has 3 aromatic rings. The zero-order chi connectivity index (χ0) is 24.2. The molecule has 0 saturated heterocycles. The van der Waals surface area contributed by atoms with Crippen LogP contribution in [0.1, 0.15) is 35.5 Å². The summed E-state index contributed by atoms with van der Waals surface area (Å²) < 4.78 is 48.5. The molecule has 0 bridgehead atoms. The molecule has 0 fully saturated rings. The maximum absolute atomic E-state index is 12.6. The Kier molecular flexibility index (Phi) is 7.05. The van der Waals surface area contributed by atoms with Gasteiger partial charge in [0.2, 0.25) is 5.76 Å². The molecule has 0 spiro atoms. The van der Waals surface area contributed by atoms with Gasteiger partial charge in [0.15, 0.2) is 0 Å². The number of carbonyl (C=O) groups excluding carboxylic acids is 1. The number of aliphatic carboxylic acids is 1. The fraction of sp³-hybridized carbons (Fsp3) is 0.261. The largest absolute Gasteiger partial charge is 0.489 e. The number of benzene rings is 2. The lowest BCUT2D eigenvalue weighted by atomic mass is 10.0. The number of rotatable bonds is 8. The van der Waals surface area contributed by atoms with Gasteiger partial charge in [0.1, 0.15) is 24.1 Å². The summed E-state index contributed by atoms with van der Waals surface area (Å²) in [5, 5.41) is 15.4. The molecule has 0 saturated carbocycles. The highest BCUT2D eigenvalue weighted by atomic mass is 19.4. The van der Waals surface area contributed by atoms with Crippen molar-refractivity contribution in [1.29, 1.82) is 0 Å². The average molecular weight is 462 g/mol. The zero-order valence-corrected chi connectivity index (χ0v) is 17.7. The van der Waals surface area contributed by atoms with Crippen LogP contribution in [-0.2, 0) is 17.6 Å². The minimum Gasteiger partial charge on any atom is -0.489 e. The third kappa shape index (κ3) is 6.12. The number of nitrogens with zero attached hydrogens (tertiary/aromatic N) is 1. The number of carboxylic acid groups (broad SMARTS) is 1. The topological polar surface area (TPSA) is 102 Å². The van der Waals surface area contributed by atoms with E-state index in [-0.39, 0.29) is 18.3 Å². The first-order valence-electron chi connectivity index (χ1n) is 9.94. The molecule has 33 heavy (non-hydrogen) atoms. The first-order valence-corrected chi connectivity index (χ1v) is 9.94. The second-order valence-electron chi connectivity index (χ2n) is 7.62. The average Bonchev–Trinajstić information content (AvgIpc) is 3.26. The maximum Gasteiger partial charge on any atom is 0.416 e. The molecule has 1 atom stereocenters. The van der Waals surface area contributed by atoms with E-state index in [1.165, 1.54) is 18.2 Å². The molecule has 1 amide bonds. The van der Waals surface area contributed by atoms with Crippen molar-refractivity contribution in [3.8, 4) is 17.0 Å². The second-order valence-corrected chi connectivity index (χ2v) is 7.62. The van der Waals surface area contributed by atoms with E-state index in [9.17, 15) is 27.9 Å². The fourth-order valence-electron chi connectivity index (χ4n) is 2.92. The van der Waals surface area contributed by atoms with E-state index < -0.39 is 29.7 Å². The summed E-state index contributed by atoms with van der Waals surface area (Å²) >= 11 is 0. The molecule has 1 heterocycles. The Bertz CT molecular complexity index is 1110. The number of halogens is 3. The number of carboxylic acids is 1. The van der Waals surface area contributed by atoms with Crippen LogP contribution in [0.2, 0.25) is 0 Å². The zero-order valence-electron chi connectivity index (χ0n) is 17.7. The van der Waals surface area contributed by atoms with Crippen molar-refractivity contribution in [1.82, 2.24) is 10.5 Å². The van der Waals surface area contributed by atoms with E-state index in [1.54, 1.807) is 38.1 Å². The molecule has 1 aromatic heterocycles. The summed E-state index contributed by atoms with van der Waals surface area (Å²) in [6, 6.07) is 11.7. The van der Waals surface area contributed by atoms with Gasteiger partial charge in [-0.2, -0.15) is 13.2 Å². The van der Waals surface area contributed by atoms with Crippen LogP contribution in [0.4, 0.5) is 13.2 Å². The normalized spacial score (nSPS) is 12.4. The third-order valence-corrected chi connectivity index (χ3v) is 4.79. The standard InChI is InChI=1S/C23H21F3N2O5/c1-13(2)20(22(30)31)27-21(29)19-11-18(28-33-19)15-5-9-17(10-6-15)32-12-14-3-7-16(8-4-14)23(24,25)26/h3-11,13,20H,12H2,1-2H3,(H,27,29)(H,30,31). The van der Waals surface area contributed by atoms with Crippen molar-refractivity contribution in [2.75, 3.05) is 0 Å². The van der Waals surface area contributed by atoms with E-state index in [4.69, 9.17) is 9.26 Å². The van der Waals surface area contributed by atoms with Crippen molar-refractivity contribution in [2.24, 2.45) is 5.92 Å². The Hall–Kier alpha value is -3.82. The lowest BCUT2D eigenvalue weighted by Crippen LogP contribution is -2.44. The SMILES string of the molecule is CC(C)C(NC(=O)c1cc(-c2ccc(OCc3ccc(C(F)(F)F)cc3)cc2)no1)C(=O)O. The van der Waals surface area contributed by atoms with E-state index in [1.807, 2.05) is 0 Å². The molecule has 2 aromatic carbocycles. The fourth-order valence-corrected chi connectivity index (χ4v) is 2.92. The Morgan fingerprint density at radius 3 is 2.27 bits per heavy atom. The van der Waals surface area contributed by atoms with Crippen molar-refractivity contribution in [2.45, 2.75) is 32.7 Å². The lowest BCUT2D eigenvalue weighted by Gasteiger charge is -2.16. The molecule has 0 radical (unpaired) electrons. The van der Waals surface area contributed by atoms with Gasteiger partial charge in [0.05, 0.1) is 5.56 Å². The highest BCUT2D eigenvalue weighted by Crippen LogP contribution is 2.29. The van der Waals surface area contributed by atoms with Gasteiger partial charge in [-0.15, -0.1) is 0 Å². The molecule has 7 nitrogen and oxygen atoms in total. The van der Waals surface area contributed by atoms with Gasteiger partial charge in [-0.1, -0.05) is 31.1 Å². The molecule has 0 aliphatic carbocycles. The Balaban J connectivity index is 1.61. The second kappa shape index (κ2) is 9.76. The van der Waals surface area contributed by atoms with E-state index in [0.717, 1.165) is 12.1 Å². The van der Waals surface area contributed by atoms with Gasteiger partial charge in [-0.3, -0.25) is 4.79 Å². The summed E-state index contributed by atoms with van der Waals surface area (Å²) in [5.74, 6) is -1.79. The molecule has 2 N–H and O–H groups in total. The van der Waals surface area contributed by atoms with Crippen molar-refractivity contribution >= 4 is 11.9 Å².